The summed E-state index contributed by atoms with van der Waals surface area (Å²) in [5.74, 6) is -1.08. The quantitative estimate of drug-likeness (QED) is 0.712. The lowest BCUT2D eigenvalue weighted by Crippen LogP contribution is -2.51. The van der Waals surface area contributed by atoms with Crippen LogP contribution in [0, 0.1) is 5.41 Å². The highest BCUT2D eigenvalue weighted by Gasteiger charge is 2.63. The molecular weight excluding hydrogens is 301 g/mol. The van der Waals surface area contributed by atoms with Crippen molar-refractivity contribution < 1.29 is 27.1 Å². The summed E-state index contributed by atoms with van der Waals surface area (Å²) in [5, 5.41) is 0. The Morgan fingerprint density at radius 2 is 1.67 bits per heavy atom. The lowest BCUT2D eigenvalue weighted by atomic mass is 9.72. The minimum atomic E-state index is -4.41. The molecule has 3 nitrogen and oxygen atoms in total. The van der Waals surface area contributed by atoms with E-state index >= 15 is 0 Å². The Kier molecular flexibility index (Phi) is 4.00. The second-order valence-electron chi connectivity index (χ2n) is 7.11. The first kappa shape index (κ1) is 16.8. The van der Waals surface area contributed by atoms with E-state index in [4.69, 9.17) is 13.9 Å². The van der Waals surface area contributed by atoms with Gasteiger partial charge in [0.2, 0.25) is 8.32 Å². The van der Waals surface area contributed by atoms with Gasteiger partial charge < -0.3 is 13.9 Å². The summed E-state index contributed by atoms with van der Waals surface area (Å²) < 4.78 is 58.1. The van der Waals surface area contributed by atoms with Crippen molar-refractivity contribution in [2.45, 2.75) is 58.3 Å². The largest absolute Gasteiger partial charge is 0.547 e. The monoisotopic (exact) mass is 324 g/mol. The van der Waals surface area contributed by atoms with Gasteiger partial charge in [-0.15, -0.1) is 0 Å². The Balaban J connectivity index is 2.47. The van der Waals surface area contributed by atoms with Gasteiger partial charge in [0.05, 0.1) is 19.0 Å². The van der Waals surface area contributed by atoms with Crippen molar-refractivity contribution in [2.24, 2.45) is 5.41 Å². The van der Waals surface area contributed by atoms with Gasteiger partial charge in [0.1, 0.15) is 5.41 Å². The van der Waals surface area contributed by atoms with E-state index in [2.05, 4.69) is 0 Å². The molecule has 1 saturated heterocycles. The van der Waals surface area contributed by atoms with Crippen molar-refractivity contribution >= 4 is 8.32 Å². The number of hydrogen-bond donors (Lipinski definition) is 0. The molecule has 1 unspecified atom stereocenters. The van der Waals surface area contributed by atoms with Crippen molar-refractivity contribution in [2.75, 3.05) is 13.2 Å². The van der Waals surface area contributed by atoms with Crippen molar-refractivity contribution in [3.63, 3.8) is 0 Å². The maximum Gasteiger partial charge on any atom is 0.401 e. The van der Waals surface area contributed by atoms with E-state index < -0.39 is 25.7 Å². The summed E-state index contributed by atoms with van der Waals surface area (Å²) in [6, 6.07) is 0. The van der Waals surface area contributed by atoms with Crippen molar-refractivity contribution in [1.82, 2.24) is 0 Å². The number of hydrogen-bond acceptors (Lipinski definition) is 3. The predicted octanol–water partition coefficient (Wildman–Crippen LogP) is 4.22. The van der Waals surface area contributed by atoms with E-state index in [-0.39, 0.29) is 12.2 Å². The van der Waals surface area contributed by atoms with Gasteiger partial charge in [-0.3, -0.25) is 0 Å². The Bertz CT molecular complexity index is 447. The molecule has 1 spiro atoms. The minimum absolute atomic E-state index is 0.0684. The maximum absolute atomic E-state index is 13.8. The van der Waals surface area contributed by atoms with Gasteiger partial charge in [0, 0.05) is 12.8 Å². The van der Waals surface area contributed by atoms with Gasteiger partial charge in [-0.1, -0.05) is 0 Å². The number of alkyl halides is 3. The second-order valence-corrected chi connectivity index (χ2v) is 11.5. The highest BCUT2D eigenvalue weighted by molar-refractivity contribution is 6.70. The molecule has 0 bridgehead atoms. The predicted molar refractivity (Wildman–Crippen MR) is 75.2 cm³/mol. The Morgan fingerprint density at radius 3 is 2.10 bits per heavy atom. The second kappa shape index (κ2) is 4.99. The average molecular weight is 324 g/mol. The first-order chi connectivity index (χ1) is 9.39. The van der Waals surface area contributed by atoms with Crippen LogP contribution in [0.5, 0.6) is 0 Å². The van der Waals surface area contributed by atoms with Crippen LogP contribution in [-0.4, -0.2) is 33.5 Å². The molecule has 1 atom stereocenters. The number of ether oxygens (including phenoxy) is 2. The molecule has 1 heterocycles. The topological polar surface area (TPSA) is 27.7 Å². The number of halogens is 3. The third-order valence-corrected chi connectivity index (χ3v) is 4.71. The van der Waals surface area contributed by atoms with Crippen LogP contribution in [0.3, 0.4) is 0 Å². The van der Waals surface area contributed by atoms with Crippen LogP contribution in [0.15, 0.2) is 11.3 Å². The molecule has 0 aromatic carbocycles. The van der Waals surface area contributed by atoms with Crippen LogP contribution >= 0.6 is 0 Å². The molecule has 122 valence electrons. The molecule has 2 rings (SSSR count). The van der Waals surface area contributed by atoms with E-state index in [1.165, 1.54) is 6.92 Å². The Hall–Kier alpha value is -0.533. The molecule has 0 aromatic rings. The van der Waals surface area contributed by atoms with Gasteiger partial charge in [-0.2, -0.15) is 13.2 Å². The molecule has 21 heavy (non-hydrogen) atoms. The lowest BCUT2D eigenvalue weighted by Gasteiger charge is -2.46. The van der Waals surface area contributed by atoms with E-state index in [9.17, 15) is 13.2 Å². The van der Waals surface area contributed by atoms with Crippen LogP contribution < -0.4 is 0 Å². The average Bonchev–Trinajstić information content (AvgIpc) is 2.69. The zero-order chi connectivity index (χ0) is 16.1. The van der Waals surface area contributed by atoms with Gasteiger partial charge in [-0.25, -0.2) is 0 Å². The van der Waals surface area contributed by atoms with E-state index in [0.717, 1.165) is 0 Å². The lowest BCUT2D eigenvalue weighted by molar-refractivity contribution is -0.263. The molecule has 1 aliphatic carbocycles. The van der Waals surface area contributed by atoms with Crippen LogP contribution in [0.25, 0.3) is 0 Å². The number of rotatable bonds is 2. The van der Waals surface area contributed by atoms with Gasteiger partial charge in [0.15, 0.2) is 5.79 Å². The highest BCUT2D eigenvalue weighted by Crippen LogP contribution is 2.56. The molecule has 1 aliphatic heterocycles. The molecule has 0 aromatic heterocycles. The SMILES string of the molecule is CC1=C(O[Si](C)(C)C)C(C)(C(F)(F)F)CC2(C1)OCCO2. The van der Waals surface area contributed by atoms with E-state index in [1.807, 2.05) is 19.6 Å². The third kappa shape index (κ3) is 3.14. The highest BCUT2D eigenvalue weighted by atomic mass is 28.4. The summed E-state index contributed by atoms with van der Waals surface area (Å²) in [4.78, 5) is 0. The fraction of sp³-hybridized carbons (Fsp3) is 0.857. The van der Waals surface area contributed by atoms with Crippen LogP contribution in [0.2, 0.25) is 19.6 Å². The van der Waals surface area contributed by atoms with E-state index in [1.54, 1.807) is 6.92 Å². The van der Waals surface area contributed by atoms with Crippen molar-refractivity contribution in [3.8, 4) is 0 Å². The summed E-state index contributed by atoms with van der Waals surface area (Å²) in [6.07, 6.45) is -4.33. The molecule has 0 N–H and O–H groups in total. The fourth-order valence-corrected chi connectivity index (χ4v) is 4.08. The molecular formula is C14H23F3O3Si. The molecule has 2 aliphatic rings. The molecule has 1 fully saturated rings. The molecule has 0 radical (unpaired) electrons. The summed E-state index contributed by atoms with van der Waals surface area (Å²) in [5.41, 5.74) is -1.50. The van der Waals surface area contributed by atoms with Gasteiger partial charge in [-0.05, 0) is 39.1 Å². The summed E-state index contributed by atoms with van der Waals surface area (Å²) in [6.45, 7) is 9.21. The Labute approximate surface area is 124 Å². The standard InChI is InChI=1S/C14H23F3O3Si/c1-10-8-13(18-6-7-19-13)9-12(2,14(15,16)17)11(10)20-21(3,4)5/h6-9H2,1-5H3. The van der Waals surface area contributed by atoms with Crippen molar-refractivity contribution in [1.29, 1.82) is 0 Å². The number of allylic oxidation sites excluding steroid dienone is 1. The summed E-state index contributed by atoms with van der Waals surface area (Å²) in [7, 11) is -2.14. The van der Waals surface area contributed by atoms with Crippen LogP contribution in [0.4, 0.5) is 13.2 Å². The minimum Gasteiger partial charge on any atom is -0.547 e. The zero-order valence-corrected chi connectivity index (χ0v) is 14.2. The van der Waals surface area contributed by atoms with Gasteiger partial charge >= 0.3 is 6.18 Å². The molecule has 0 saturated carbocycles. The van der Waals surface area contributed by atoms with Crippen LogP contribution in [-0.2, 0) is 13.9 Å². The maximum atomic E-state index is 13.8. The normalized spacial score (nSPS) is 30.1. The smallest absolute Gasteiger partial charge is 0.401 e. The Morgan fingerprint density at radius 1 is 1.14 bits per heavy atom. The first-order valence-electron chi connectivity index (χ1n) is 7.13. The van der Waals surface area contributed by atoms with Crippen LogP contribution in [0.1, 0.15) is 26.7 Å². The van der Waals surface area contributed by atoms with E-state index in [0.29, 0.717) is 25.2 Å². The first-order valence-corrected chi connectivity index (χ1v) is 10.5. The third-order valence-electron chi connectivity index (χ3n) is 3.89. The zero-order valence-electron chi connectivity index (χ0n) is 13.2. The fourth-order valence-electron chi connectivity index (χ4n) is 3.07. The molecule has 0 amide bonds. The summed E-state index contributed by atoms with van der Waals surface area (Å²) >= 11 is 0. The van der Waals surface area contributed by atoms with Crippen molar-refractivity contribution in [3.05, 3.63) is 11.3 Å². The molecule has 7 heteroatoms. The van der Waals surface area contributed by atoms with Gasteiger partial charge in [0.25, 0.3) is 0 Å².